The molecule has 0 radical (unpaired) electrons. The minimum atomic E-state index is -0.168. The van der Waals surface area contributed by atoms with Gasteiger partial charge in [0.25, 0.3) is 5.91 Å². The normalized spacial score (nSPS) is 20.9. The largest absolute Gasteiger partial charge is 0.382 e. The van der Waals surface area contributed by atoms with Gasteiger partial charge >= 0.3 is 0 Å². The van der Waals surface area contributed by atoms with Crippen molar-refractivity contribution in [2.75, 3.05) is 19.4 Å². The van der Waals surface area contributed by atoms with Crippen LogP contribution in [0.4, 0.5) is 5.82 Å². The van der Waals surface area contributed by atoms with Gasteiger partial charge in [-0.05, 0) is 18.4 Å². The van der Waals surface area contributed by atoms with Gasteiger partial charge in [0.05, 0.1) is 24.4 Å². The van der Waals surface area contributed by atoms with Gasteiger partial charge in [0.2, 0.25) is 5.76 Å². The van der Waals surface area contributed by atoms with Crippen LogP contribution in [-0.2, 0) is 11.3 Å². The van der Waals surface area contributed by atoms with Crippen LogP contribution < -0.4 is 5.73 Å². The lowest BCUT2D eigenvalue weighted by Crippen LogP contribution is -2.38. The van der Waals surface area contributed by atoms with Gasteiger partial charge in [-0.25, -0.2) is 0 Å². The molecule has 24 heavy (non-hydrogen) atoms. The van der Waals surface area contributed by atoms with Crippen LogP contribution in [0.15, 0.2) is 22.9 Å². The molecule has 130 valence electrons. The Morgan fingerprint density at radius 1 is 1.54 bits per heavy atom. The zero-order valence-corrected chi connectivity index (χ0v) is 14.2. The Bertz CT molecular complexity index is 708. The topological polar surface area (TPSA) is 99.4 Å². The second-order valence-corrected chi connectivity index (χ2v) is 6.44. The first kappa shape index (κ1) is 16.5. The van der Waals surface area contributed by atoms with Crippen molar-refractivity contribution in [2.24, 2.45) is 0 Å². The molecule has 3 heterocycles. The van der Waals surface area contributed by atoms with Gasteiger partial charge in [0.15, 0.2) is 0 Å². The average Bonchev–Trinajstić information content (AvgIpc) is 3.26. The molecule has 2 aromatic heterocycles. The molecule has 1 saturated heterocycles. The summed E-state index contributed by atoms with van der Waals surface area (Å²) in [6, 6.07) is 3.42. The zero-order chi connectivity index (χ0) is 17.3. The van der Waals surface area contributed by atoms with Crippen molar-refractivity contribution >= 4 is 11.7 Å². The van der Waals surface area contributed by atoms with E-state index in [1.54, 1.807) is 28.8 Å². The van der Waals surface area contributed by atoms with E-state index >= 15 is 0 Å². The van der Waals surface area contributed by atoms with Crippen molar-refractivity contribution in [1.82, 2.24) is 19.8 Å². The third kappa shape index (κ3) is 3.28. The molecule has 0 unspecified atom stereocenters. The number of anilines is 1. The van der Waals surface area contributed by atoms with Gasteiger partial charge < -0.3 is 19.9 Å². The molecular weight excluding hydrogens is 310 g/mol. The summed E-state index contributed by atoms with van der Waals surface area (Å²) in [5, 5.41) is 8.17. The number of carbonyl (C=O) groups is 1. The van der Waals surface area contributed by atoms with Crippen molar-refractivity contribution in [1.29, 1.82) is 0 Å². The van der Waals surface area contributed by atoms with Crippen LogP contribution in [0.2, 0.25) is 0 Å². The van der Waals surface area contributed by atoms with Crippen molar-refractivity contribution in [3.63, 3.8) is 0 Å². The first-order valence-electron chi connectivity index (χ1n) is 8.07. The number of hydrogen-bond donors (Lipinski definition) is 1. The zero-order valence-electron chi connectivity index (χ0n) is 14.2. The first-order chi connectivity index (χ1) is 11.5. The molecule has 0 saturated carbocycles. The second-order valence-electron chi connectivity index (χ2n) is 6.44. The quantitative estimate of drug-likeness (QED) is 0.890. The van der Waals surface area contributed by atoms with Crippen LogP contribution in [0.3, 0.4) is 0 Å². The fraction of sp³-hybridized carbons (Fsp3) is 0.562. The Labute approximate surface area is 140 Å². The molecule has 3 rings (SSSR count). The number of hydrogen-bond acceptors (Lipinski definition) is 6. The Balaban J connectivity index is 1.78. The minimum absolute atomic E-state index is 0.000602. The van der Waals surface area contributed by atoms with E-state index in [4.69, 9.17) is 15.0 Å². The van der Waals surface area contributed by atoms with E-state index in [1.165, 1.54) is 0 Å². The van der Waals surface area contributed by atoms with Gasteiger partial charge in [-0.3, -0.25) is 9.48 Å². The number of amides is 1. The maximum absolute atomic E-state index is 12.8. The van der Waals surface area contributed by atoms with E-state index in [0.29, 0.717) is 18.9 Å². The molecule has 8 heteroatoms. The number of carbonyl (C=O) groups excluding carboxylic acids is 1. The van der Waals surface area contributed by atoms with E-state index < -0.39 is 0 Å². The molecule has 8 nitrogen and oxygen atoms in total. The Morgan fingerprint density at radius 2 is 2.33 bits per heavy atom. The monoisotopic (exact) mass is 333 g/mol. The third-order valence-electron chi connectivity index (χ3n) is 4.36. The summed E-state index contributed by atoms with van der Waals surface area (Å²) in [4.78, 5) is 14.6. The lowest BCUT2D eigenvalue weighted by Gasteiger charge is -2.23. The second kappa shape index (κ2) is 6.64. The highest BCUT2D eigenvalue weighted by atomic mass is 16.5. The number of aromatic nitrogens is 3. The van der Waals surface area contributed by atoms with Crippen LogP contribution in [0, 0.1) is 0 Å². The summed E-state index contributed by atoms with van der Waals surface area (Å²) in [5.74, 6) is 0.772. The molecule has 2 atom stereocenters. The van der Waals surface area contributed by atoms with Crippen LogP contribution >= 0.6 is 0 Å². The number of nitrogens with two attached hydrogens (primary N) is 1. The van der Waals surface area contributed by atoms with E-state index in [9.17, 15) is 4.79 Å². The predicted octanol–water partition coefficient (Wildman–Crippen LogP) is 1.51. The number of rotatable bonds is 5. The number of likely N-dealkylation sites (tertiary alicyclic amines) is 1. The number of ether oxygens (including phenoxy) is 1. The SMILES string of the molecule is CO[C@@H]1C[C@@H](Cn2ccc(N)n2)N(C(=O)c2cc(C(C)C)no2)C1. The van der Waals surface area contributed by atoms with Crippen molar-refractivity contribution in [3.8, 4) is 0 Å². The number of nitrogens with zero attached hydrogens (tertiary/aromatic N) is 4. The van der Waals surface area contributed by atoms with Gasteiger partial charge in [-0.1, -0.05) is 19.0 Å². The summed E-state index contributed by atoms with van der Waals surface area (Å²) >= 11 is 0. The summed E-state index contributed by atoms with van der Waals surface area (Å²) in [6.07, 6.45) is 2.55. The van der Waals surface area contributed by atoms with E-state index in [-0.39, 0.29) is 29.7 Å². The first-order valence-corrected chi connectivity index (χ1v) is 8.07. The lowest BCUT2D eigenvalue weighted by molar-refractivity contribution is 0.0639. The van der Waals surface area contributed by atoms with Crippen molar-refractivity contribution in [3.05, 3.63) is 29.8 Å². The molecule has 0 spiro atoms. The number of methoxy groups -OCH3 is 1. The lowest BCUT2D eigenvalue weighted by atomic mass is 10.1. The Hall–Kier alpha value is -2.35. The number of nitrogen functional groups attached to an aromatic ring is 1. The average molecular weight is 333 g/mol. The summed E-state index contributed by atoms with van der Waals surface area (Å²) in [5.41, 5.74) is 6.44. The van der Waals surface area contributed by atoms with Crippen LogP contribution in [0.1, 0.15) is 42.4 Å². The molecule has 0 aliphatic carbocycles. The standard InChI is InChI=1S/C16H23N5O3/c1-10(2)13-7-14(24-19-13)16(22)21-9-12(23-3)6-11(21)8-20-5-4-15(17)18-20/h4-5,7,10-12H,6,8-9H2,1-3H3,(H2,17,18)/t11-,12+/m0/s1. The van der Waals surface area contributed by atoms with Gasteiger partial charge in [-0.15, -0.1) is 0 Å². The maximum Gasteiger partial charge on any atom is 0.292 e. The predicted molar refractivity (Wildman–Crippen MR) is 87.5 cm³/mol. The summed E-state index contributed by atoms with van der Waals surface area (Å²) in [7, 11) is 1.66. The van der Waals surface area contributed by atoms with E-state index in [0.717, 1.165) is 12.1 Å². The summed E-state index contributed by atoms with van der Waals surface area (Å²) < 4.78 is 12.4. The van der Waals surface area contributed by atoms with Gasteiger partial charge in [0.1, 0.15) is 5.82 Å². The molecule has 0 bridgehead atoms. The van der Waals surface area contributed by atoms with Crippen LogP contribution in [0.5, 0.6) is 0 Å². The fourth-order valence-corrected chi connectivity index (χ4v) is 2.96. The molecule has 1 aliphatic rings. The smallest absolute Gasteiger partial charge is 0.292 e. The van der Waals surface area contributed by atoms with E-state index in [1.807, 2.05) is 20.0 Å². The highest BCUT2D eigenvalue weighted by Gasteiger charge is 2.37. The van der Waals surface area contributed by atoms with Crippen molar-refractivity contribution < 1.29 is 14.1 Å². The minimum Gasteiger partial charge on any atom is -0.382 e. The van der Waals surface area contributed by atoms with Crippen LogP contribution in [0.25, 0.3) is 0 Å². The molecule has 1 fully saturated rings. The molecule has 0 aromatic carbocycles. The van der Waals surface area contributed by atoms with Crippen LogP contribution in [-0.4, -0.2) is 51.5 Å². The van der Waals surface area contributed by atoms with Gasteiger partial charge in [0, 0.05) is 25.9 Å². The maximum atomic E-state index is 12.8. The highest BCUT2D eigenvalue weighted by Crippen LogP contribution is 2.25. The Morgan fingerprint density at radius 3 is 2.92 bits per heavy atom. The highest BCUT2D eigenvalue weighted by molar-refractivity contribution is 5.92. The fourth-order valence-electron chi connectivity index (χ4n) is 2.96. The molecule has 1 amide bonds. The molecule has 1 aliphatic heterocycles. The van der Waals surface area contributed by atoms with E-state index in [2.05, 4.69) is 10.3 Å². The van der Waals surface area contributed by atoms with Gasteiger partial charge in [-0.2, -0.15) is 5.10 Å². The van der Waals surface area contributed by atoms with Crippen molar-refractivity contribution in [2.45, 2.75) is 44.9 Å². The molecular formula is C16H23N5O3. The molecule has 2 N–H and O–H groups in total. The summed E-state index contributed by atoms with van der Waals surface area (Å²) in [6.45, 7) is 5.10. The molecule has 2 aromatic rings. The Kier molecular flexibility index (Phi) is 4.57. The third-order valence-corrected chi connectivity index (χ3v) is 4.36.